The standard InChI is InChI=1S/C16H21NO5S/c18-16(19)15(12-6-8-22-9-7-12)17-23(20,21)14-3-1-2-13(10-14)11-4-5-11/h1-3,10-12,15,17H,4-9H2,(H,18,19). The van der Waals surface area contributed by atoms with Crippen molar-refractivity contribution >= 4 is 16.0 Å². The van der Waals surface area contributed by atoms with E-state index in [-0.39, 0.29) is 10.8 Å². The topological polar surface area (TPSA) is 92.7 Å². The third-order valence-electron chi connectivity index (χ3n) is 4.50. The maximum atomic E-state index is 12.6. The summed E-state index contributed by atoms with van der Waals surface area (Å²) in [6.07, 6.45) is 3.25. The zero-order valence-corrected chi connectivity index (χ0v) is 13.6. The van der Waals surface area contributed by atoms with Crippen molar-refractivity contribution in [1.29, 1.82) is 0 Å². The molecule has 0 spiro atoms. The van der Waals surface area contributed by atoms with Gasteiger partial charge in [0.15, 0.2) is 0 Å². The van der Waals surface area contributed by atoms with Crippen LogP contribution in [0.5, 0.6) is 0 Å². The van der Waals surface area contributed by atoms with E-state index in [0.29, 0.717) is 32.0 Å². The highest BCUT2D eigenvalue weighted by molar-refractivity contribution is 7.89. The summed E-state index contributed by atoms with van der Waals surface area (Å²) in [4.78, 5) is 11.7. The first-order chi connectivity index (χ1) is 11.0. The molecule has 0 aromatic heterocycles. The fraction of sp³-hybridized carbons (Fsp3) is 0.562. The van der Waals surface area contributed by atoms with E-state index in [1.807, 2.05) is 6.07 Å². The molecule has 2 aliphatic rings. The zero-order chi connectivity index (χ0) is 16.4. The van der Waals surface area contributed by atoms with Crippen LogP contribution in [0.2, 0.25) is 0 Å². The maximum absolute atomic E-state index is 12.6. The lowest BCUT2D eigenvalue weighted by molar-refractivity contribution is -0.141. The number of rotatable bonds is 6. The Morgan fingerprint density at radius 3 is 2.52 bits per heavy atom. The highest BCUT2D eigenvalue weighted by Crippen LogP contribution is 2.40. The summed E-state index contributed by atoms with van der Waals surface area (Å²) in [5.74, 6) is -0.947. The third-order valence-corrected chi connectivity index (χ3v) is 5.94. The van der Waals surface area contributed by atoms with Gasteiger partial charge in [-0.1, -0.05) is 12.1 Å². The number of hydrogen-bond donors (Lipinski definition) is 2. The summed E-state index contributed by atoms with van der Waals surface area (Å²) >= 11 is 0. The maximum Gasteiger partial charge on any atom is 0.322 e. The van der Waals surface area contributed by atoms with E-state index in [1.54, 1.807) is 12.1 Å². The van der Waals surface area contributed by atoms with Crippen LogP contribution in [0.3, 0.4) is 0 Å². The molecule has 0 bridgehead atoms. The highest BCUT2D eigenvalue weighted by atomic mass is 32.2. The summed E-state index contributed by atoms with van der Waals surface area (Å²) in [5.41, 5.74) is 1.01. The molecule has 0 radical (unpaired) electrons. The Morgan fingerprint density at radius 2 is 1.91 bits per heavy atom. The fourth-order valence-corrected chi connectivity index (χ4v) is 4.30. The van der Waals surface area contributed by atoms with E-state index in [2.05, 4.69) is 4.72 Å². The first kappa shape index (κ1) is 16.4. The predicted octanol–water partition coefficient (Wildman–Crippen LogP) is 1.72. The van der Waals surface area contributed by atoms with E-state index in [4.69, 9.17) is 4.74 Å². The van der Waals surface area contributed by atoms with Gasteiger partial charge in [-0.05, 0) is 55.2 Å². The van der Waals surface area contributed by atoms with Crippen molar-refractivity contribution in [1.82, 2.24) is 4.72 Å². The molecule has 23 heavy (non-hydrogen) atoms. The molecule has 1 aliphatic heterocycles. The molecule has 1 aliphatic carbocycles. The van der Waals surface area contributed by atoms with Gasteiger partial charge >= 0.3 is 5.97 Å². The van der Waals surface area contributed by atoms with Crippen molar-refractivity contribution in [3.63, 3.8) is 0 Å². The molecule has 2 N–H and O–H groups in total. The van der Waals surface area contributed by atoms with E-state index in [1.165, 1.54) is 6.07 Å². The van der Waals surface area contributed by atoms with Crippen LogP contribution in [0.1, 0.15) is 37.2 Å². The number of aliphatic carboxylic acids is 1. The summed E-state index contributed by atoms with van der Waals surface area (Å²) < 4.78 is 32.8. The minimum Gasteiger partial charge on any atom is -0.480 e. The van der Waals surface area contributed by atoms with Crippen LogP contribution < -0.4 is 4.72 Å². The van der Waals surface area contributed by atoms with Gasteiger partial charge in [0, 0.05) is 13.2 Å². The van der Waals surface area contributed by atoms with Crippen LogP contribution in [0.4, 0.5) is 0 Å². The molecule has 2 fully saturated rings. The first-order valence-electron chi connectivity index (χ1n) is 7.90. The molecule has 3 rings (SSSR count). The van der Waals surface area contributed by atoms with Gasteiger partial charge in [-0.15, -0.1) is 0 Å². The molecule has 6 nitrogen and oxygen atoms in total. The number of sulfonamides is 1. The van der Waals surface area contributed by atoms with Crippen LogP contribution in [0.15, 0.2) is 29.2 Å². The summed E-state index contributed by atoms with van der Waals surface area (Å²) in [7, 11) is -3.85. The second-order valence-corrected chi connectivity index (χ2v) is 7.95. The summed E-state index contributed by atoms with van der Waals surface area (Å²) in [6.45, 7) is 0.931. The van der Waals surface area contributed by atoms with Crippen LogP contribution >= 0.6 is 0 Å². The highest BCUT2D eigenvalue weighted by Gasteiger charge is 2.34. The Hall–Kier alpha value is -1.44. The van der Waals surface area contributed by atoms with Crippen molar-refractivity contribution in [2.45, 2.75) is 42.5 Å². The van der Waals surface area contributed by atoms with E-state index in [0.717, 1.165) is 18.4 Å². The van der Waals surface area contributed by atoms with Gasteiger partial charge in [-0.25, -0.2) is 8.42 Å². The van der Waals surface area contributed by atoms with Crippen LogP contribution in [0, 0.1) is 5.92 Å². The molecule has 126 valence electrons. The Bertz CT molecular complexity index is 677. The number of hydrogen-bond acceptors (Lipinski definition) is 4. The predicted molar refractivity (Wildman–Crippen MR) is 83.7 cm³/mol. The number of carbonyl (C=O) groups is 1. The van der Waals surface area contributed by atoms with Crippen LogP contribution in [-0.2, 0) is 19.6 Å². The molecule has 1 aromatic rings. The third kappa shape index (κ3) is 3.91. The molecule has 7 heteroatoms. The number of carboxylic acid groups (broad SMARTS) is 1. The molecule has 1 saturated carbocycles. The monoisotopic (exact) mass is 339 g/mol. The Morgan fingerprint density at radius 1 is 1.22 bits per heavy atom. The van der Waals surface area contributed by atoms with Crippen molar-refractivity contribution in [3.05, 3.63) is 29.8 Å². The molecule has 1 atom stereocenters. The van der Waals surface area contributed by atoms with Gasteiger partial charge in [0.25, 0.3) is 0 Å². The molecule has 1 unspecified atom stereocenters. The fourth-order valence-electron chi connectivity index (χ4n) is 2.98. The minimum atomic E-state index is -3.85. The van der Waals surface area contributed by atoms with Crippen molar-refractivity contribution < 1.29 is 23.1 Å². The smallest absolute Gasteiger partial charge is 0.322 e. The average Bonchev–Trinajstić information content (AvgIpc) is 3.38. The molecule has 1 saturated heterocycles. The van der Waals surface area contributed by atoms with Gasteiger partial charge in [0.1, 0.15) is 6.04 Å². The molecular formula is C16H21NO5S. The Labute approximate surface area is 135 Å². The molecule has 1 aromatic carbocycles. The second kappa shape index (κ2) is 6.59. The van der Waals surface area contributed by atoms with Crippen LogP contribution in [-0.4, -0.2) is 38.7 Å². The zero-order valence-electron chi connectivity index (χ0n) is 12.8. The van der Waals surface area contributed by atoms with Crippen LogP contribution in [0.25, 0.3) is 0 Å². The van der Waals surface area contributed by atoms with E-state index >= 15 is 0 Å². The van der Waals surface area contributed by atoms with Gasteiger partial charge in [0.2, 0.25) is 10.0 Å². The van der Waals surface area contributed by atoms with E-state index < -0.39 is 22.0 Å². The SMILES string of the molecule is O=C(O)C(NS(=O)(=O)c1cccc(C2CC2)c1)C1CCOCC1. The second-order valence-electron chi connectivity index (χ2n) is 6.23. The summed E-state index contributed by atoms with van der Waals surface area (Å²) in [6, 6.07) is 5.68. The van der Waals surface area contributed by atoms with Crippen molar-refractivity contribution in [3.8, 4) is 0 Å². The van der Waals surface area contributed by atoms with Gasteiger partial charge in [-0.2, -0.15) is 4.72 Å². The Balaban J connectivity index is 1.80. The lowest BCUT2D eigenvalue weighted by Crippen LogP contribution is -2.47. The summed E-state index contributed by atoms with van der Waals surface area (Å²) in [5, 5.41) is 9.42. The molecule has 1 heterocycles. The minimum absolute atomic E-state index is 0.139. The normalized spacial score (nSPS) is 21.0. The first-order valence-corrected chi connectivity index (χ1v) is 9.38. The quantitative estimate of drug-likeness (QED) is 0.823. The van der Waals surface area contributed by atoms with Crippen molar-refractivity contribution in [2.75, 3.05) is 13.2 Å². The van der Waals surface area contributed by atoms with E-state index in [9.17, 15) is 18.3 Å². The molecule has 0 amide bonds. The lowest BCUT2D eigenvalue weighted by atomic mass is 9.92. The molecular weight excluding hydrogens is 318 g/mol. The largest absolute Gasteiger partial charge is 0.480 e. The van der Waals surface area contributed by atoms with Crippen molar-refractivity contribution in [2.24, 2.45) is 5.92 Å². The number of ether oxygens (including phenoxy) is 1. The number of carboxylic acids is 1. The average molecular weight is 339 g/mol. The van der Waals surface area contributed by atoms with Gasteiger partial charge in [-0.3, -0.25) is 4.79 Å². The number of nitrogens with one attached hydrogen (secondary N) is 1. The number of benzene rings is 1. The van der Waals surface area contributed by atoms with Gasteiger partial charge < -0.3 is 9.84 Å². The Kier molecular flexibility index (Phi) is 4.70. The lowest BCUT2D eigenvalue weighted by Gasteiger charge is -2.28. The van der Waals surface area contributed by atoms with Gasteiger partial charge in [0.05, 0.1) is 4.90 Å².